The molecule has 160 valence electrons. The van der Waals surface area contributed by atoms with Crippen molar-refractivity contribution < 1.29 is 8.95 Å². The predicted octanol–water partition coefficient (Wildman–Crippen LogP) is 4.86. The Bertz CT molecular complexity index is 1080. The summed E-state index contributed by atoms with van der Waals surface area (Å²) in [6.45, 7) is 6.11. The highest BCUT2D eigenvalue weighted by atomic mass is 32.2. The van der Waals surface area contributed by atoms with E-state index in [-0.39, 0.29) is 11.7 Å². The van der Waals surface area contributed by atoms with E-state index >= 15 is 0 Å². The third kappa shape index (κ3) is 5.05. The third-order valence-corrected chi connectivity index (χ3v) is 6.19. The zero-order valence-corrected chi connectivity index (χ0v) is 18.8. The van der Waals surface area contributed by atoms with Crippen LogP contribution in [0.4, 0.5) is 5.69 Å². The summed E-state index contributed by atoms with van der Waals surface area (Å²) in [5.41, 5.74) is 5.31. The van der Waals surface area contributed by atoms with E-state index in [1.807, 2.05) is 27.0 Å². The number of unbranched alkanes of at least 4 members (excludes halogenated alkanes) is 2. The first-order chi connectivity index (χ1) is 14.4. The molecule has 1 aromatic carbocycles. The molecule has 1 unspecified atom stereocenters. The summed E-state index contributed by atoms with van der Waals surface area (Å²) in [5.74, 6) is 1.12. The van der Waals surface area contributed by atoms with Gasteiger partial charge in [-0.3, -0.25) is 14.6 Å². The molecule has 0 aliphatic carbocycles. The first-order valence-electron chi connectivity index (χ1n) is 10.2. The van der Waals surface area contributed by atoms with Crippen LogP contribution >= 0.6 is 0 Å². The molecular formula is C22H29N5O2S. The molecule has 2 aromatic heterocycles. The van der Waals surface area contributed by atoms with Gasteiger partial charge in [0.1, 0.15) is 5.75 Å². The number of H-pyrrole nitrogens is 1. The Morgan fingerprint density at radius 3 is 2.83 bits per heavy atom. The number of aromatic nitrogens is 3. The summed E-state index contributed by atoms with van der Waals surface area (Å²) in [5, 5.41) is 11.6. The van der Waals surface area contributed by atoms with Crippen LogP contribution in [0.2, 0.25) is 0 Å². The lowest BCUT2D eigenvalue weighted by molar-refractivity contribution is 0.519. The SMILES string of the molecule is CCCCCC(=N)Oc1ccc2nc(S(=O)Cc3ncc(C)c(NC)c3C)[nH]c2c1. The maximum atomic E-state index is 12.9. The average Bonchev–Trinajstić information content (AvgIpc) is 3.14. The zero-order valence-electron chi connectivity index (χ0n) is 18.0. The number of nitrogens with zero attached hydrogens (tertiary/aromatic N) is 2. The van der Waals surface area contributed by atoms with Gasteiger partial charge in [-0.05, 0) is 43.5 Å². The molecule has 0 aliphatic rings. The molecule has 0 bridgehead atoms. The lowest BCUT2D eigenvalue weighted by Crippen LogP contribution is -2.06. The van der Waals surface area contributed by atoms with Crippen LogP contribution in [0, 0.1) is 19.3 Å². The molecule has 0 radical (unpaired) electrons. The van der Waals surface area contributed by atoms with E-state index in [4.69, 9.17) is 10.1 Å². The molecule has 30 heavy (non-hydrogen) atoms. The molecule has 8 heteroatoms. The highest BCUT2D eigenvalue weighted by Gasteiger charge is 2.16. The molecule has 3 aromatic rings. The van der Waals surface area contributed by atoms with Crippen molar-refractivity contribution in [3.05, 3.63) is 41.2 Å². The number of anilines is 1. The van der Waals surface area contributed by atoms with Crippen LogP contribution in [0.5, 0.6) is 5.75 Å². The van der Waals surface area contributed by atoms with Crippen LogP contribution in [-0.4, -0.2) is 32.1 Å². The van der Waals surface area contributed by atoms with Gasteiger partial charge in [-0.25, -0.2) is 4.98 Å². The number of aromatic amines is 1. The van der Waals surface area contributed by atoms with Crippen molar-refractivity contribution in [1.29, 1.82) is 5.41 Å². The minimum atomic E-state index is -1.36. The number of fused-ring (bicyclic) bond motifs is 1. The molecule has 0 saturated carbocycles. The van der Waals surface area contributed by atoms with E-state index in [1.54, 1.807) is 18.3 Å². The maximum Gasteiger partial charge on any atom is 0.197 e. The minimum Gasteiger partial charge on any atom is -0.444 e. The minimum absolute atomic E-state index is 0.257. The van der Waals surface area contributed by atoms with Crippen molar-refractivity contribution in [2.24, 2.45) is 0 Å². The molecule has 0 aliphatic heterocycles. The highest BCUT2D eigenvalue weighted by Crippen LogP contribution is 2.25. The van der Waals surface area contributed by atoms with Gasteiger partial charge in [0.25, 0.3) is 0 Å². The Hall–Kier alpha value is -2.74. The summed E-state index contributed by atoms with van der Waals surface area (Å²) in [7, 11) is 0.517. The second-order valence-electron chi connectivity index (χ2n) is 7.33. The van der Waals surface area contributed by atoms with E-state index in [2.05, 4.69) is 27.2 Å². The van der Waals surface area contributed by atoms with Crippen LogP contribution in [0.25, 0.3) is 11.0 Å². The number of hydrogen-bond donors (Lipinski definition) is 3. The van der Waals surface area contributed by atoms with Crippen molar-refractivity contribution >= 4 is 33.4 Å². The molecule has 2 heterocycles. The van der Waals surface area contributed by atoms with Crippen LogP contribution in [-0.2, 0) is 16.6 Å². The molecule has 7 nitrogen and oxygen atoms in total. The second kappa shape index (κ2) is 9.84. The smallest absolute Gasteiger partial charge is 0.197 e. The standard InChI is InChI=1S/C22H29N5O2S/c1-5-6-7-8-20(23)29-16-9-10-17-18(11-16)27-22(26-17)30(28)13-19-15(3)21(24-4)14(2)12-25-19/h9-12,23H,5-8,13H2,1-4H3,(H,24,25)(H,26,27). The fraction of sp³-hybridized carbons (Fsp3) is 0.409. The van der Waals surface area contributed by atoms with Gasteiger partial charge in [0.2, 0.25) is 0 Å². The number of rotatable bonds is 9. The Morgan fingerprint density at radius 1 is 1.30 bits per heavy atom. The monoisotopic (exact) mass is 427 g/mol. The van der Waals surface area contributed by atoms with Crippen molar-refractivity contribution in [1.82, 2.24) is 15.0 Å². The maximum absolute atomic E-state index is 12.9. The second-order valence-corrected chi connectivity index (χ2v) is 8.70. The summed E-state index contributed by atoms with van der Waals surface area (Å²) in [4.78, 5) is 12.1. The number of benzene rings is 1. The van der Waals surface area contributed by atoms with Crippen molar-refractivity contribution in [3.8, 4) is 5.75 Å². The molecule has 0 amide bonds. The molecule has 1 atom stereocenters. The number of ether oxygens (including phenoxy) is 1. The zero-order chi connectivity index (χ0) is 21.7. The molecule has 3 N–H and O–H groups in total. The highest BCUT2D eigenvalue weighted by molar-refractivity contribution is 7.84. The van der Waals surface area contributed by atoms with Crippen LogP contribution in [0.3, 0.4) is 0 Å². The summed E-state index contributed by atoms with van der Waals surface area (Å²) in [6, 6.07) is 5.40. The molecule has 3 rings (SSSR count). The quantitative estimate of drug-likeness (QED) is 0.257. The van der Waals surface area contributed by atoms with Crippen molar-refractivity contribution in [3.63, 3.8) is 0 Å². The predicted molar refractivity (Wildman–Crippen MR) is 122 cm³/mol. The fourth-order valence-electron chi connectivity index (χ4n) is 3.36. The van der Waals surface area contributed by atoms with Gasteiger partial charge in [0, 0.05) is 31.4 Å². The fourth-order valence-corrected chi connectivity index (χ4v) is 4.46. The van der Waals surface area contributed by atoms with E-state index in [9.17, 15) is 4.21 Å². The number of pyridine rings is 1. The number of aryl methyl sites for hydroxylation is 1. The van der Waals surface area contributed by atoms with Gasteiger partial charge in [0.15, 0.2) is 11.1 Å². The molecule has 0 fully saturated rings. The Kier molecular flexibility index (Phi) is 7.20. The molecule has 0 spiro atoms. The number of hydrogen-bond acceptors (Lipinski definition) is 6. The topological polar surface area (TPSA) is 104 Å². The normalized spacial score (nSPS) is 12.1. The van der Waals surface area contributed by atoms with Crippen LogP contribution < -0.4 is 10.1 Å². The Morgan fingerprint density at radius 2 is 2.10 bits per heavy atom. The summed E-state index contributed by atoms with van der Waals surface area (Å²) >= 11 is 0. The van der Waals surface area contributed by atoms with Crippen molar-refractivity contribution in [2.75, 3.05) is 12.4 Å². The summed E-state index contributed by atoms with van der Waals surface area (Å²) in [6.07, 6.45) is 5.57. The van der Waals surface area contributed by atoms with E-state index in [0.717, 1.165) is 47.3 Å². The molecule has 0 saturated heterocycles. The van der Waals surface area contributed by atoms with Gasteiger partial charge >= 0.3 is 0 Å². The van der Waals surface area contributed by atoms with Gasteiger partial charge in [-0.15, -0.1) is 0 Å². The van der Waals surface area contributed by atoms with Gasteiger partial charge in [0.05, 0.1) is 33.3 Å². The van der Waals surface area contributed by atoms with Gasteiger partial charge in [-0.1, -0.05) is 19.8 Å². The molecular weight excluding hydrogens is 398 g/mol. The largest absolute Gasteiger partial charge is 0.444 e. The summed E-state index contributed by atoms with van der Waals surface area (Å²) < 4.78 is 18.6. The van der Waals surface area contributed by atoms with Crippen LogP contribution in [0.1, 0.15) is 49.4 Å². The average molecular weight is 428 g/mol. The number of nitrogens with one attached hydrogen (secondary N) is 3. The van der Waals surface area contributed by atoms with Crippen molar-refractivity contribution in [2.45, 2.75) is 57.4 Å². The first kappa shape index (κ1) is 22.0. The lowest BCUT2D eigenvalue weighted by atomic mass is 10.1. The Labute approximate surface area is 179 Å². The van der Waals surface area contributed by atoms with Gasteiger partial charge < -0.3 is 15.0 Å². The van der Waals surface area contributed by atoms with Crippen LogP contribution in [0.15, 0.2) is 29.6 Å². The van der Waals surface area contributed by atoms with E-state index < -0.39 is 10.8 Å². The Balaban J connectivity index is 1.74. The van der Waals surface area contributed by atoms with Gasteiger partial charge in [-0.2, -0.15) is 0 Å². The van der Waals surface area contributed by atoms with E-state index in [0.29, 0.717) is 22.8 Å². The van der Waals surface area contributed by atoms with E-state index in [1.165, 1.54) is 0 Å². The number of imidazole rings is 1. The lowest BCUT2D eigenvalue weighted by Gasteiger charge is -2.12. The first-order valence-corrected chi connectivity index (χ1v) is 11.5. The third-order valence-electron chi connectivity index (χ3n) is 5.03.